The van der Waals surface area contributed by atoms with Crippen molar-refractivity contribution in [3.05, 3.63) is 29.8 Å². The summed E-state index contributed by atoms with van der Waals surface area (Å²) in [5, 5.41) is 6.22. The van der Waals surface area contributed by atoms with Crippen molar-refractivity contribution >= 4 is 18.3 Å². The fourth-order valence-electron chi connectivity index (χ4n) is 3.51. The van der Waals surface area contributed by atoms with E-state index in [4.69, 9.17) is 4.74 Å². The van der Waals surface area contributed by atoms with E-state index >= 15 is 0 Å². The molecular weight excluding hydrogens is 312 g/mol. The van der Waals surface area contributed by atoms with E-state index in [0.29, 0.717) is 13.1 Å². The maximum atomic E-state index is 12.2. The molecule has 4 nitrogen and oxygen atoms in total. The van der Waals surface area contributed by atoms with Crippen LogP contribution in [0.5, 0.6) is 5.75 Å². The molecule has 130 valence electrons. The summed E-state index contributed by atoms with van der Waals surface area (Å²) in [7, 11) is 3.59. The van der Waals surface area contributed by atoms with Gasteiger partial charge >= 0.3 is 0 Å². The van der Waals surface area contributed by atoms with Crippen LogP contribution in [0, 0.1) is 5.92 Å². The number of hydrogen-bond acceptors (Lipinski definition) is 3. The van der Waals surface area contributed by atoms with E-state index in [1.54, 1.807) is 7.11 Å². The topological polar surface area (TPSA) is 50.4 Å². The highest BCUT2D eigenvalue weighted by Gasteiger charge is 2.38. The molecule has 1 atom stereocenters. The first-order chi connectivity index (χ1) is 10.6. The number of benzene rings is 1. The van der Waals surface area contributed by atoms with E-state index < -0.39 is 0 Å². The first kappa shape index (κ1) is 19.8. The van der Waals surface area contributed by atoms with Crippen molar-refractivity contribution in [3.8, 4) is 5.75 Å². The third kappa shape index (κ3) is 4.61. The lowest BCUT2D eigenvalue weighted by Gasteiger charge is -2.31. The molecular formula is C18H29ClN2O2. The van der Waals surface area contributed by atoms with Gasteiger partial charge in [0.1, 0.15) is 5.75 Å². The number of methoxy groups -OCH3 is 1. The zero-order valence-electron chi connectivity index (χ0n) is 14.4. The molecule has 2 N–H and O–H groups in total. The molecule has 0 radical (unpaired) electrons. The first-order valence-corrected chi connectivity index (χ1v) is 8.19. The van der Waals surface area contributed by atoms with Gasteiger partial charge in [0.05, 0.1) is 7.11 Å². The van der Waals surface area contributed by atoms with Crippen LogP contribution in [0.15, 0.2) is 24.3 Å². The van der Waals surface area contributed by atoms with Gasteiger partial charge in [-0.2, -0.15) is 0 Å². The van der Waals surface area contributed by atoms with Crippen molar-refractivity contribution in [1.29, 1.82) is 0 Å². The minimum absolute atomic E-state index is 0. The van der Waals surface area contributed by atoms with Crippen LogP contribution in [-0.2, 0) is 10.2 Å². The average Bonchev–Trinajstić information content (AvgIpc) is 3.02. The summed E-state index contributed by atoms with van der Waals surface area (Å²) < 4.78 is 5.55. The molecule has 0 bridgehead atoms. The first-order valence-electron chi connectivity index (χ1n) is 8.19. The molecule has 0 aromatic heterocycles. The highest BCUT2D eigenvalue weighted by Crippen LogP contribution is 2.44. The molecule has 23 heavy (non-hydrogen) atoms. The van der Waals surface area contributed by atoms with Crippen molar-refractivity contribution < 1.29 is 9.53 Å². The number of halogens is 1. The van der Waals surface area contributed by atoms with Gasteiger partial charge in [-0.05, 0) is 26.0 Å². The summed E-state index contributed by atoms with van der Waals surface area (Å²) in [5.74, 6) is 1.04. The van der Waals surface area contributed by atoms with Crippen LogP contribution in [0.3, 0.4) is 0 Å². The van der Waals surface area contributed by atoms with Crippen LogP contribution in [-0.4, -0.2) is 33.2 Å². The molecule has 1 aromatic carbocycles. The summed E-state index contributed by atoms with van der Waals surface area (Å²) in [6, 6.07) is 8.22. The summed E-state index contributed by atoms with van der Waals surface area (Å²) in [4.78, 5) is 12.2. The maximum Gasteiger partial charge on any atom is 0.224 e. The fourth-order valence-corrected chi connectivity index (χ4v) is 3.51. The Morgan fingerprint density at radius 1 is 1.30 bits per heavy atom. The van der Waals surface area contributed by atoms with Crippen molar-refractivity contribution in [2.45, 2.75) is 38.0 Å². The number of rotatable bonds is 7. The van der Waals surface area contributed by atoms with Crippen LogP contribution in [0.2, 0.25) is 0 Å². The molecule has 0 heterocycles. The molecule has 0 saturated heterocycles. The van der Waals surface area contributed by atoms with Gasteiger partial charge in [0.15, 0.2) is 0 Å². The van der Waals surface area contributed by atoms with E-state index in [1.807, 2.05) is 26.1 Å². The normalized spacial score (nSPS) is 17.2. The number of nitrogens with one attached hydrogen (secondary N) is 2. The predicted octanol–water partition coefficient (Wildman–Crippen LogP) is 2.90. The molecule has 5 heteroatoms. The quantitative estimate of drug-likeness (QED) is 0.802. The van der Waals surface area contributed by atoms with Gasteiger partial charge in [-0.15, -0.1) is 12.4 Å². The molecule has 1 aromatic rings. The fraction of sp³-hybridized carbons (Fsp3) is 0.611. The van der Waals surface area contributed by atoms with Gasteiger partial charge < -0.3 is 15.4 Å². The second-order valence-electron chi connectivity index (χ2n) is 6.36. The molecule has 0 aliphatic heterocycles. The zero-order valence-corrected chi connectivity index (χ0v) is 15.2. The number of amides is 1. The summed E-state index contributed by atoms with van der Waals surface area (Å²) in [6.45, 7) is 3.35. The molecule has 1 aliphatic carbocycles. The van der Waals surface area contributed by atoms with Crippen molar-refractivity contribution in [2.75, 3.05) is 27.2 Å². The lowest BCUT2D eigenvalue weighted by molar-refractivity contribution is -0.124. The van der Waals surface area contributed by atoms with Crippen LogP contribution in [0.25, 0.3) is 0 Å². The van der Waals surface area contributed by atoms with Gasteiger partial charge in [0, 0.05) is 30.0 Å². The van der Waals surface area contributed by atoms with E-state index in [9.17, 15) is 4.79 Å². The summed E-state index contributed by atoms with van der Waals surface area (Å²) >= 11 is 0. The molecule has 2 rings (SSSR count). The van der Waals surface area contributed by atoms with Gasteiger partial charge in [0.25, 0.3) is 0 Å². The molecule has 1 aliphatic rings. The van der Waals surface area contributed by atoms with Crippen molar-refractivity contribution in [1.82, 2.24) is 10.6 Å². The van der Waals surface area contributed by atoms with Crippen LogP contribution >= 0.6 is 12.4 Å². The average molecular weight is 341 g/mol. The van der Waals surface area contributed by atoms with Gasteiger partial charge in [-0.3, -0.25) is 4.79 Å². The SMILES string of the molecule is CNCC(C)C(=O)NCC1(c2ccccc2OC)CCCC1.Cl. The Labute approximate surface area is 145 Å². The Balaban J connectivity index is 0.00000264. The van der Waals surface area contributed by atoms with Gasteiger partial charge in [0.2, 0.25) is 5.91 Å². The highest BCUT2D eigenvalue weighted by molar-refractivity contribution is 5.85. The Kier molecular flexibility index (Phi) is 7.86. The monoisotopic (exact) mass is 340 g/mol. The highest BCUT2D eigenvalue weighted by atomic mass is 35.5. The summed E-state index contributed by atoms with van der Waals surface area (Å²) in [5.41, 5.74) is 1.25. The smallest absolute Gasteiger partial charge is 0.224 e. The second kappa shape index (κ2) is 9.14. The lowest BCUT2D eigenvalue weighted by atomic mass is 9.78. The third-order valence-corrected chi connectivity index (χ3v) is 4.80. The van der Waals surface area contributed by atoms with Crippen molar-refractivity contribution in [2.24, 2.45) is 5.92 Å². The lowest BCUT2D eigenvalue weighted by Crippen LogP contribution is -2.42. The largest absolute Gasteiger partial charge is 0.496 e. The molecule has 1 saturated carbocycles. The van der Waals surface area contributed by atoms with Gasteiger partial charge in [-0.25, -0.2) is 0 Å². The number of carbonyl (C=O) groups is 1. The van der Waals surface area contributed by atoms with Crippen molar-refractivity contribution in [3.63, 3.8) is 0 Å². The molecule has 0 spiro atoms. The number of ether oxygens (including phenoxy) is 1. The maximum absolute atomic E-state index is 12.2. The van der Waals surface area contributed by atoms with E-state index in [0.717, 1.165) is 18.6 Å². The molecule has 1 unspecified atom stereocenters. The van der Waals surface area contributed by atoms with Crippen LogP contribution in [0.1, 0.15) is 38.2 Å². The van der Waals surface area contributed by atoms with Crippen LogP contribution < -0.4 is 15.4 Å². The van der Waals surface area contributed by atoms with Gasteiger partial charge in [-0.1, -0.05) is 38.0 Å². The number of para-hydroxylation sites is 1. The van der Waals surface area contributed by atoms with Crippen LogP contribution in [0.4, 0.5) is 0 Å². The minimum atomic E-state index is -0.0129. The molecule has 1 fully saturated rings. The molecule has 1 amide bonds. The Morgan fingerprint density at radius 3 is 2.57 bits per heavy atom. The Morgan fingerprint density at radius 2 is 1.96 bits per heavy atom. The zero-order chi connectivity index (χ0) is 16.0. The summed E-state index contributed by atoms with van der Waals surface area (Å²) in [6.07, 6.45) is 4.63. The number of hydrogen-bond donors (Lipinski definition) is 2. The minimum Gasteiger partial charge on any atom is -0.496 e. The second-order valence-corrected chi connectivity index (χ2v) is 6.36. The third-order valence-electron chi connectivity index (χ3n) is 4.80. The Bertz CT molecular complexity index is 502. The number of carbonyl (C=O) groups excluding carboxylic acids is 1. The van der Waals surface area contributed by atoms with E-state index in [-0.39, 0.29) is 29.6 Å². The standard InChI is InChI=1S/C18H28N2O2.ClH/c1-14(12-19-2)17(21)20-13-18(10-6-7-11-18)15-8-4-5-9-16(15)22-3;/h4-5,8-9,14,19H,6-7,10-13H2,1-3H3,(H,20,21);1H. The predicted molar refractivity (Wildman–Crippen MR) is 96.5 cm³/mol. The Hall–Kier alpha value is -1.26. The van der Waals surface area contributed by atoms with E-state index in [2.05, 4.69) is 22.8 Å². The van der Waals surface area contributed by atoms with E-state index in [1.165, 1.54) is 18.4 Å².